The van der Waals surface area contributed by atoms with Crippen molar-refractivity contribution in [2.45, 2.75) is 0 Å². The Bertz CT molecular complexity index is 989. The Hall–Kier alpha value is -3.40. The van der Waals surface area contributed by atoms with Gasteiger partial charge >= 0.3 is 0 Å². The molecule has 4 aromatic rings. The molecule has 4 rings (SSSR count). The zero-order valence-electron chi connectivity index (χ0n) is 12.9. The van der Waals surface area contributed by atoms with Crippen LogP contribution in [0.25, 0.3) is 21.9 Å². The second-order valence-electron chi connectivity index (χ2n) is 5.58. The number of carbonyl (C=O) groups is 1. The van der Waals surface area contributed by atoms with E-state index in [2.05, 4.69) is 15.5 Å². The van der Waals surface area contributed by atoms with Crippen LogP contribution in [0.4, 0.5) is 5.69 Å². The molecule has 0 saturated carbocycles. The molecule has 4 nitrogen and oxygen atoms in total. The predicted molar refractivity (Wildman–Crippen MR) is 95.9 cm³/mol. The van der Waals surface area contributed by atoms with Crippen LogP contribution in [0.3, 0.4) is 0 Å². The molecular weight excluding hydrogens is 298 g/mol. The topological polar surface area (TPSA) is 57.8 Å². The molecular formula is C20H15N3O. The summed E-state index contributed by atoms with van der Waals surface area (Å²) in [5, 5.41) is 11.8. The van der Waals surface area contributed by atoms with Crippen molar-refractivity contribution in [1.82, 2.24) is 10.2 Å². The number of rotatable bonds is 3. The summed E-state index contributed by atoms with van der Waals surface area (Å²) in [4.78, 5) is 12.4. The minimum Gasteiger partial charge on any atom is -0.322 e. The van der Waals surface area contributed by atoms with Gasteiger partial charge in [-0.15, -0.1) is 0 Å². The first-order chi connectivity index (χ1) is 11.8. The zero-order chi connectivity index (χ0) is 16.4. The van der Waals surface area contributed by atoms with Crippen LogP contribution >= 0.6 is 0 Å². The molecule has 0 saturated heterocycles. The average molecular weight is 313 g/mol. The van der Waals surface area contributed by atoms with E-state index < -0.39 is 0 Å². The highest BCUT2D eigenvalue weighted by atomic mass is 16.1. The standard InChI is InChI=1S/C20H15N3O/c24-20(17-6-5-14-3-1-2-4-16(14)11-17)23-19-9-7-15(8-10-19)18-12-21-22-13-18/h1-13H,(H,21,22)(H,23,24). The summed E-state index contributed by atoms with van der Waals surface area (Å²) in [5.41, 5.74) is 3.47. The highest BCUT2D eigenvalue weighted by Crippen LogP contribution is 2.21. The molecule has 0 unspecified atom stereocenters. The fraction of sp³-hybridized carbons (Fsp3) is 0. The molecule has 24 heavy (non-hydrogen) atoms. The summed E-state index contributed by atoms with van der Waals surface area (Å²) in [6, 6.07) is 21.4. The van der Waals surface area contributed by atoms with Crippen LogP contribution in [0.2, 0.25) is 0 Å². The molecule has 3 aromatic carbocycles. The number of nitrogens with one attached hydrogen (secondary N) is 2. The van der Waals surface area contributed by atoms with Gasteiger partial charge in [-0.1, -0.05) is 42.5 Å². The smallest absolute Gasteiger partial charge is 0.255 e. The number of carbonyl (C=O) groups excluding carboxylic acids is 1. The van der Waals surface area contributed by atoms with Crippen LogP contribution in [-0.4, -0.2) is 16.1 Å². The van der Waals surface area contributed by atoms with Gasteiger partial charge in [-0.05, 0) is 40.6 Å². The molecule has 0 atom stereocenters. The van der Waals surface area contributed by atoms with Gasteiger partial charge in [0.1, 0.15) is 0 Å². The fourth-order valence-electron chi connectivity index (χ4n) is 2.69. The van der Waals surface area contributed by atoms with Crippen molar-refractivity contribution in [3.8, 4) is 11.1 Å². The fourth-order valence-corrected chi connectivity index (χ4v) is 2.69. The van der Waals surface area contributed by atoms with Crippen LogP contribution in [-0.2, 0) is 0 Å². The van der Waals surface area contributed by atoms with Crippen LogP contribution < -0.4 is 5.32 Å². The molecule has 2 N–H and O–H groups in total. The maximum absolute atomic E-state index is 12.4. The molecule has 0 aliphatic carbocycles. The molecule has 1 amide bonds. The number of fused-ring (bicyclic) bond motifs is 1. The summed E-state index contributed by atoms with van der Waals surface area (Å²) in [6.45, 7) is 0. The lowest BCUT2D eigenvalue weighted by atomic mass is 10.1. The molecule has 4 heteroatoms. The summed E-state index contributed by atoms with van der Waals surface area (Å²) >= 11 is 0. The van der Waals surface area contributed by atoms with Crippen LogP contribution in [0.1, 0.15) is 10.4 Å². The van der Waals surface area contributed by atoms with E-state index in [0.29, 0.717) is 5.56 Å². The van der Waals surface area contributed by atoms with Gasteiger partial charge in [0.15, 0.2) is 0 Å². The molecule has 0 fully saturated rings. The third-order valence-corrected chi connectivity index (χ3v) is 3.99. The van der Waals surface area contributed by atoms with E-state index in [1.165, 1.54) is 0 Å². The SMILES string of the molecule is O=C(Nc1ccc(-c2cn[nH]c2)cc1)c1ccc2ccccc2c1. The monoisotopic (exact) mass is 313 g/mol. The maximum atomic E-state index is 12.4. The first kappa shape index (κ1) is 14.2. The normalized spacial score (nSPS) is 10.7. The molecule has 0 radical (unpaired) electrons. The van der Waals surface area contributed by atoms with Gasteiger partial charge in [0.05, 0.1) is 6.20 Å². The van der Waals surface area contributed by atoms with Crippen LogP contribution in [0.15, 0.2) is 79.1 Å². The van der Waals surface area contributed by atoms with Crippen molar-refractivity contribution in [3.05, 3.63) is 84.7 Å². The maximum Gasteiger partial charge on any atom is 0.255 e. The first-order valence-electron chi connectivity index (χ1n) is 7.69. The largest absolute Gasteiger partial charge is 0.322 e. The molecule has 0 bridgehead atoms. The van der Waals surface area contributed by atoms with Gasteiger partial charge in [-0.25, -0.2) is 0 Å². The Morgan fingerprint density at radius 2 is 1.67 bits per heavy atom. The van der Waals surface area contributed by atoms with Crippen molar-refractivity contribution >= 4 is 22.4 Å². The number of hydrogen-bond acceptors (Lipinski definition) is 2. The Morgan fingerprint density at radius 3 is 2.42 bits per heavy atom. The van der Waals surface area contributed by atoms with Crippen molar-refractivity contribution in [1.29, 1.82) is 0 Å². The molecule has 116 valence electrons. The second kappa shape index (κ2) is 6.01. The van der Waals surface area contributed by atoms with E-state index in [0.717, 1.165) is 27.6 Å². The van der Waals surface area contributed by atoms with E-state index in [9.17, 15) is 4.79 Å². The van der Waals surface area contributed by atoms with Crippen molar-refractivity contribution in [3.63, 3.8) is 0 Å². The molecule has 0 spiro atoms. The lowest BCUT2D eigenvalue weighted by molar-refractivity contribution is 0.102. The minimum absolute atomic E-state index is 0.114. The number of anilines is 1. The van der Waals surface area contributed by atoms with Gasteiger partial charge in [-0.2, -0.15) is 5.10 Å². The molecule has 1 aromatic heterocycles. The molecule has 0 aliphatic heterocycles. The van der Waals surface area contributed by atoms with E-state index in [1.807, 2.05) is 72.9 Å². The summed E-state index contributed by atoms with van der Waals surface area (Å²) < 4.78 is 0. The van der Waals surface area contributed by atoms with Crippen LogP contribution in [0, 0.1) is 0 Å². The van der Waals surface area contributed by atoms with E-state index in [1.54, 1.807) is 6.20 Å². The number of aromatic amines is 1. The third kappa shape index (κ3) is 2.77. The number of amides is 1. The van der Waals surface area contributed by atoms with Crippen molar-refractivity contribution in [2.24, 2.45) is 0 Å². The quantitative estimate of drug-likeness (QED) is 0.586. The Balaban J connectivity index is 1.54. The van der Waals surface area contributed by atoms with E-state index in [-0.39, 0.29) is 5.91 Å². The van der Waals surface area contributed by atoms with Gasteiger partial charge in [0.25, 0.3) is 5.91 Å². The summed E-state index contributed by atoms with van der Waals surface area (Å²) in [7, 11) is 0. The van der Waals surface area contributed by atoms with E-state index in [4.69, 9.17) is 0 Å². The van der Waals surface area contributed by atoms with Gasteiger partial charge in [-0.3, -0.25) is 9.89 Å². The number of H-pyrrole nitrogens is 1. The van der Waals surface area contributed by atoms with Gasteiger partial charge in [0.2, 0.25) is 0 Å². The molecule has 0 aliphatic rings. The van der Waals surface area contributed by atoms with Gasteiger partial charge < -0.3 is 5.32 Å². The lowest BCUT2D eigenvalue weighted by Gasteiger charge is -2.07. The number of nitrogens with zero attached hydrogens (tertiary/aromatic N) is 1. The average Bonchev–Trinajstić information content (AvgIpc) is 3.16. The summed E-state index contributed by atoms with van der Waals surface area (Å²) in [6.07, 6.45) is 3.60. The number of hydrogen-bond donors (Lipinski definition) is 2. The van der Waals surface area contributed by atoms with Crippen LogP contribution in [0.5, 0.6) is 0 Å². The Labute approximate surface area is 139 Å². The zero-order valence-corrected chi connectivity index (χ0v) is 12.9. The highest BCUT2D eigenvalue weighted by Gasteiger charge is 2.07. The highest BCUT2D eigenvalue weighted by molar-refractivity contribution is 6.06. The Morgan fingerprint density at radius 1 is 0.875 bits per heavy atom. The number of benzene rings is 3. The second-order valence-corrected chi connectivity index (χ2v) is 5.58. The first-order valence-corrected chi connectivity index (χ1v) is 7.69. The lowest BCUT2D eigenvalue weighted by Crippen LogP contribution is -2.11. The summed E-state index contributed by atoms with van der Waals surface area (Å²) in [5.74, 6) is -0.114. The van der Waals surface area contributed by atoms with Crippen molar-refractivity contribution in [2.75, 3.05) is 5.32 Å². The van der Waals surface area contributed by atoms with Gasteiger partial charge in [0, 0.05) is 23.0 Å². The Kier molecular flexibility index (Phi) is 3.56. The number of aromatic nitrogens is 2. The predicted octanol–water partition coefficient (Wildman–Crippen LogP) is 4.48. The third-order valence-electron chi connectivity index (χ3n) is 3.99. The van der Waals surface area contributed by atoms with Crippen molar-refractivity contribution < 1.29 is 4.79 Å². The molecule has 1 heterocycles. The minimum atomic E-state index is -0.114. The van der Waals surface area contributed by atoms with E-state index >= 15 is 0 Å².